The number of β-amino-alcohol motifs (C(OH)–C–C–N with tert-alkyl or cyclic N) is 1. The third-order valence-electron chi connectivity index (χ3n) is 5.31. The highest BCUT2D eigenvalue weighted by Gasteiger charge is 2.33. The number of nitrogens with zero attached hydrogens (tertiary/aromatic N) is 1. The number of hydrogen-bond acceptors (Lipinski definition) is 7. The van der Waals surface area contributed by atoms with E-state index < -0.39 is 17.5 Å². The van der Waals surface area contributed by atoms with Gasteiger partial charge in [0.1, 0.15) is 34.0 Å². The lowest BCUT2D eigenvalue weighted by atomic mass is 9.85. The lowest BCUT2D eigenvalue weighted by Crippen LogP contribution is -2.40. The van der Waals surface area contributed by atoms with E-state index in [9.17, 15) is 25.2 Å². The van der Waals surface area contributed by atoms with Gasteiger partial charge in [-0.05, 0) is 44.3 Å². The van der Waals surface area contributed by atoms with Crippen LogP contribution in [0.25, 0.3) is 22.3 Å². The summed E-state index contributed by atoms with van der Waals surface area (Å²) in [6, 6.07) is 8.54. The van der Waals surface area contributed by atoms with Crippen molar-refractivity contribution in [2.75, 3.05) is 20.1 Å². The maximum Gasteiger partial charge on any atom is 0.197 e. The average molecular weight is 383 g/mol. The Morgan fingerprint density at radius 2 is 1.79 bits per heavy atom. The largest absolute Gasteiger partial charge is 0.508 e. The molecule has 146 valence electrons. The van der Waals surface area contributed by atoms with Gasteiger partial charge in [0.15, 0.2) is 5.43 Å². The number of rotatable bonds is 2. The minimum atomic E-state index is -0.750. The van der Waals surface area contributed by atoms with Crippen molar-refractivity contribution in [3.05, 3.63) is 52.2 Å². The van der Waals surface area contributed by atoms with Crippen LogP contribution in [-0.2, 0) is 0 Å². The van der Waals surface area contributed by atoms with Crippen LogP contribution < -0.4 is 5.43 Å². The smallest absolute Gasteiger partial charge is 0.197 e. The fourth-order valence-electron chi connectivity index (χ4n) is 3.87. The molecule has 7 heteroatoms. The summed E-state index contributed by atoms with van der Waals surface area (Å²) in [6.45, 7) is 1.14. The van der Waals surface area contributed by atoms with Crippen molar-refractivity contribution >= 4 is 11.0 Å². The van der Waals surface area contributed by atoms with Crippen LogP contribution >= 0.6 is 0 Å². The zero-order valence-electron chi connectivity index (χ0n) is 15.3. The van der Waals surface area contributed by atoms with Gasteiger partial charge in [0.25, 0.3) is 0 Å². The number of hydrogen-bond donors (Lipinski definition) is 4. The van der Waals surface area contributed by atoms with Crippen LogP contribution in [0, 0.1) is 0 Å². The van der Waals surface area contributed by atoms with Crippen LogP contribution in [0.15, 0.2) is 45.6 Å². The van der Waals surface area contributed by atoms with Gasteiger partial charge in [0, 0.05) is 35.7 Å². The first-order valence-electron chi connectivity index (χ1n) is 9.04. The monoisotopic (exact) mass is 383 g/mol. The molecule has 2 atom stereocenters. The highest BCUT2D eigenvalue weighted by molar-refractivity contribution is 5.89. The Labute approximate surface area is 160 Å². The highest BCUT2D eigenvalue weighted by Crippen LogP contribution is 2.42. The van der Waals surface area contributed by atoms with Gasteiger partial charge in [-0.15, -0.1) is 0 Å². The van der Waals surface area contributed by atoms with Crippen molar-refractivity contribution in [3.63, 3.8) is 0 Å². The second-order valence-corrected chi connectivity index (χ2v) is 7.28. The van der Waals surface area contributed by atoms with E-state index in [0.29, 0.717) is 30.6 Å². The van der Waals surface area contributed by atoms with Crippen LogP contribution in [-0.4, -0.2) is 51.6 Å². The van der Waals surface area contributed by atoms with E-state index in [1.165, 1.54) is 18.2 Å². The lowest BCUT2D eigenvalue weighted by molar-refractivity contribution is 0.0630. The molecule has 3 aromatic rings. The number of aromatic hydroxyl groups is 3. The van der Waals surface area contributed by atoms with Crippen molar-refractivity contribution in [1.29, 1.82) is 0 Å². The van der Waals surface area contributed by atoms with Gasteiger partial charge in [-0.1, -0.05) is 0 Å². The van der Waals surface area contributed by atoms with E-state index in [2.05, 4.69) is 0 Å². The van der Waals surface area contributed by atoms with Gasteiger partial charge in [-0.2, -0.15) is 0 Å². The number of benzene rings is 2. The molecule has 1 aliphatic rings. The normalized spacial score (nSPS) is 20.5. The van der Waals surface area contributed by atoms with Gasteiger partial charge < -0.3 is 29.7 Å². The van der Waals surface area contributed by atoms with E-state index in [0.717, 1.165) is 6.07 Å². The molecule has 2 heterocycles. The zero-order valence-corrected chi connectivity index (χ0v) is 15.3. The van der Waals surface area contributed by atoms with Gasteiger partial charge in [-0.25, -0.2) is 0 Å². The second kappa shape index (κ2) is 6.85. The predicted octanol–water partition coefficient (Wildman–Crippen LogP) is 2.36. The summed E-state index contributed by atoms with van der Waals surface area (Å²) in [7, 11) is 1.90. The Morgan fingerprint density at radius 1 is 1.07 bits per heavy atom. The molecule has 2 aromatic carbocycles. The number of phenolic OH excluding ortho intramolecular Hbond substituents is 3. The molecule has 1 saturated heterocycles. The molecule has 0 spiro atoms. The van der Waals surface area contributed by atoms with Gasteiger partial charge in [0.05, 0.1) is 6.10 Å². The SMILES string of the molecule is CN1CC[C@H](c2c(O)cc(O)c3c(=O)cc(-c4ccc(O)cc4)oc23)[C@H](O)C1. The molecule has 0 saturated carbocycles. The number of phenols is 3. The van der Waals surface area contributed by atoms with Crippen LogP contribution in [0.1, 0.15) is 17.9 Å². The van der Waals surface area contributed by atoms with Crippen molar-refractivity contribution in [2.24, 2.45) is 0 Å². The minimum Gasteiger partial charge on any atom is -0.508 e. The average Bonchev–Trinajstić information content (AvgIpc) is 2.63. The summed E-state index contributed by atoms with van der Waals surface area (Å²) in [4.78, 5) is 14.7. The molecule has 1 aromatic heterocycles. The van der Waals surface area contributed by atoms with E-state index >= 15 is 0 Å². The Bertz CT molecular complexity index is 1090. The minimum absolute atomic E-state index is 0.0264. The van der Waals surface area contributed by atoms with Crippen LogP contribution in [0.5, 0.6) is 17.2 Å². The number of fused-ring (bicyclic) bond motifs is 1. The van der Waals surface area contributed by atoms with E-state index in [4.69, 9.17) is 4.42 Å². The number of aliphatic hydroxyl groups excluding tert-OH is 1. The predicted molar refractivity (Wildman–Crippen MR) is 104 cm³/mol. The van der Waals surface area contributed by atoms with Crippen LogP contribution in [0.2, 0.25) is 0 Å². The quantitative estimate of drug-likeness (QED) is 0.537. The summed E-state index contributed by atoms with van der Waals surface area (Å²) in [5.74, 6) is -0.699. The summed E-state index contributed by atoms with van der Waals surface area (Å²) in [6.07, 6.45) is -0.182. The third-order valence-corrected chi connectivity index (χ3v) is 5.31. The topological polar surface area (TPSA) is 114 Å². The Kier molecular flexibility index (Phi) is 4.49. The molecule has 0 amide bonds. The Morgan fingerprint density at radius 3 is 2.46 bits per heavy atom. The molecule has 1 fully saturated rings. The number of likely N-dealkylation sites (N-methyl/N-ethyl adjacent to an activating group) is 1. The second-order valence-electron chi connectivity index (χ2n) is 7.28. The third kappa shape index (κ3) is 3.08. The molecule has 1 aliphatic heterocycles. The van der Waals surface area contributed by atoms with Crippen molar-refractivity contribution in [2.45, 2.75) is 18.4 Å². The summed E-state index contributed by atoms with van der Waals surface area (Å²) in [5.41, 5.74) is 0.507. The molecule has 4 N–H and O–H groups in total. The van der Waals surface area contributed by atoms with E-state index in [1.54, 1.807) is 12.1 Å². The van der Waals surface area contributed by atoms with Crippen LogP contribution in [0.4, 0.5) is 0 Å². The number of likely N-dealkylation sites (tertiary alicyclic amines) is 1. The maximum atomic E-state index is 12.7. The lowest BCUT2D eigenvalue weighted by Gasteiger charge is -2.34. The van der Waals surface area contributed by atoms with Gasteiger partial charge in [-0.3, -0.25) is 4.79 Å². The summed E-state index contributed by atoms with van der Waals surface area (Å²) in [5, 5.41) is 40.8. The molecular weight excluding hydrogens is 362 g/mol. The molecule has 28 heavy (non-hydrogen) atoms. The molecule has 0 aliphatic carbocycles. The zero-order chi connectivity index (χ0) is 20.0. The number of aliphatic hydroxyl groups is 1. The van der Waals surface area contributed by atoms with Gasteiger partial charge in [0.2, 0.25) is 0 Å². The van der Waals surface area contributed by atoms with Crippen LogP contribution in [0.3, 0.4) is 0 Å². The fraction of sp³-hybridized carbons (Fsp3) is 0.286. The first-order chi connectivity index (χ1) is 13.3. The Balaban J connectivity index is 1.96. The van der Waals surface area contributed by atoms with E-state index in [-0.39, 0.29) is 34.0 Å². The van der Waals surface area contributed by atoms with E-state index in [1.807, 2.05) is 11.9 Å². The highest BCUT2D eigenvalue weighted by atomic mass is 16.3. The Hall–Kier alpha value is -3.03. The van der Waals surface area contributed by atoms with Crippen molar-refractivity contribution in [1.82, 2.24) is 4.90 Å². The molecule has 0 unspecified atom stereocenters. The fourth-order valence-corrected chi connectivity index (χ4v) is 3.87. The number of piperidine rings is 1. The molecule has 4 rings (SSSR count). The molecule has 7 nitrogen and oxygen atoms in total. The molecule has 0 bridgehead atoms. The first-order valence-corrected chi connectivity index (χ1v) is 9.04. The first kappa shape index (κ1) is 18.3. The summed E-state index contributed by atoms with van der Waals surface area (Å²) < 4.78 is 5.96. The van der Waals surface area contributed by atoms with Gasteiger partial charge >= 0.3 is 0 Å². The molecule has 0 radical (unpaired) electrons. The standard InChI is InChI=1S/C21H21NO6/c1-22-7-6-13(17(27)10-22)19-14(24)8-15(25)20-16(26)9-18(28-21(19)20)11-2-4-12(23)5-3-11/h2-5,8-9,13,17,23-25,27H,6-7,10H2,1H3/t13-,17+/m0/s1. The maximum absolute atomic E-state index is 12.7. The van der Waals surface area contributed by atoms with Crippen molar-refractivity contribution in [3.8, 4) is 28.6 Å². The molecular formula is C21H21NO6. The summed E-state index contributed by atoms with van der Waals surface area (Å²) >= 11 is 0. The van der Waals surface area contributed by atoms with Crippen molar-refractivity contribution < 1.29 is 24.8 Å².